The number of hydrogen-bond acceptors (Lipinski definition) is 6. The summed E-state index contributed by atoms with van der Waals surface area (Å²) in [5, 5.41) is 0. The van der Waals surface area contributed by atoms with E-state index in [1.165, 1.54) is 18.4 Å². The van der Waals surface area contributed by atoms with Crippen LogP contribution >= 0.6 is 11.3 Å². The van der Waals surface area contributed by atoms with Crippen molar-refractivity contribution in [2.45, 2.75) is 26.3 Å². The third-order valence-corrected chi connectivity index (χ3v) is 5.13. The Morgan fingerprint density at radius 3 is 2.54 bits per heavy atom. The molecule has 0 radical (unpaired) electrons. The summed E-state index contributed by atoms with van der Waals surface area (Å²) in [4.78, 5) is 52.7. The Balaban J connectivity index is 1.96. The summed E-state index contributed by atoms with van der Waals surface area (Å²) in [7, 11) is 1.31. The van der Waals surface area contributed by atoms with E-state index in [-0.39, 0.29) is 31.2 Å². The second-order valence-corrected chi connectivity index (χ2v) is 6.69. The molecule has 1 saturated heterocycles. The fourth-order valence-corrected chi connectivity index (χ4v) is 3.94. The highest BCUT2D eigenvalue weighted by Crippen LogP contribution is 2.20. The number of thiazole rings is 1. The number of methoxy groups -OCH3 is 1. The maximum absolute atomic E-state index is 12.2. The van der Waals surface area contributed by atoms with Gasteiger partial charge in [-0.25, -0.2) is 4.79 Å². The molecule has 1 fully saturated rings. The molecule has 9 heteroatoms. The van der Waals surface area contributed by atoms with Crippen LogP contribution in [0.2, 0.25) is 0 Å². The Morgan fingerprint density at radius 1 is 1.23 bits per heavy atom. The molecule has 2 aromatic rings. The highest BCUT2D eigenvalue weighted by molar-refractivity contribution is 7.16. The topological polar surface area (TPSA) is 98.0 Å². The highest BCUT2D eigenvalue weighted by atomic mass is 32.1. The van der Waals surface area contributed by atoms with Gasteiger partial charge in [-0.15, -0.1) is 0 Å². The van der Waals surface area contributed by atoms with Gasteiger partial charge in [0.2, 0.25) is 11.8 Å². The molecule has 26 heavy (non-hydrogen) atoms. The minimum atomic E-state index is -0.560. The summed E-state index contributed by atoms with van der Waals surface area (Å²) in [6.45, 7) is 2.14. The van der Waals surface area contributed by atoms with Crippen molar-refractivity contribution in [3.8, 4) is 0 Å². The molecule has 1 aromatic heterocycles. The van der Waals surface area contributed by atoms with Gasteiger partial charge in [0.15, 0.2) is 4.80 Å². The van der Waals surface area contributed by atoms with Crippen molar-refractivity contribution in [3.05, 3.63) is 28.6 Å². The minimum Gasteiger partial charge on any atom is -0.465 e. The molecule has 1 aromatic carbocycles. The molecular formula is C17H17N3O5S. The predicted molar refractivity (Wildman–Crippen MR) is 93.4 cm³/mol. The first-order chi connectivity index (χ1) is 12.4. The van der Waals surface area contributed by atoms with E-state index in [2.05, 4.69) is 4.99 Å². The SMILES string of the molecule is CCn1c(=NC(=O)CN2C(=O)CCC2=O)sc2cc(C(=O)OC)ccc21. The zero-order valence-corrected chi connectivity index (χ0v) is 15.2. The summed E-state index contributed by atoms with van der Waals surface area (Å²) in [6.07, 6.45) is 0.278. The maximum atomic E-state index is 12.2. The number of amides is 3. The minimum absolute atomic E-state index is 0.139. The van der Waals surface area contributed by atoms with Crippen LogP contribution in [0.25, 0.3) is 10.2 Å². The van der Waals surface area contributed by atoms with Crippen LogP contribution in [0.15, 0.2) is 23.2 Å². The molecule has 0 bridgehead atoms. The molecule has 0 atom stereocenters. The second kappa shape index (κ2) is 7.20. The molecule has 0 spiro atoms. The van der Waals surface area contributed by atoms with Crippen molar-refractivity contribution < 1.29 is 23.9 Å². The monoisotopic (exact) mass is 375 g/mol. The number of esters is 1. The van der Waals surface area contributed by atoms with E-state index in [0.29, 0.717) is 16.9 Å². The molecule has 1 aliphatic rings. The van der Waals surface area contributed by atoms with Crippen molar-refractivity contribution in [1.82, 2.24) is 9.47 Å². The Morgan fingerprint density at radius 2 is 1.92 bits per heavy atom. The molecule has 3 rings (SSSR count). The van der Waals surface area contributed by atoms with E-state index >= 15 is 0 Å². The highest BCUT2D eigenvalue weighted by Gasteiger charge is 2.30. The Hall–Kier alpha value is -2.81. The van der Waals surface area contributed by atoms with Crippen LogP contribution in [-0.2, 0) is 25.7 Å². The number of carbonyl (C=O) groups excluding carboxylic acids is 4. The number of fused-ring (bicyclic) bond motifs is 1. The normalized spacial score (nSPS) is 15.2. The number of carbonyl (C=O) groups is 4. The Bertz CT molecular complexity index is 972. The van der Waals surface area contributed by atoms with Gasteiger partial charge in [-0.2, -0.15) is 4.99 Å². The fourth-order valence-electron chi connectivity index (χ4n) is 2.79. The van der Waals surface area contributed by atoms with Gasteiger partial charge >= 0.3 is 5.97 Å². The summed E-state index contributed by atoms with van der Waals surface area (Å²) in [5.41, 5.74) is 1.25. The second-order valence-electron chi connectivity index (χ2n) is 5.68. The standard InChI is InChI=1S/C17H17N3O5S/c1-3-19-11-5-4-10(16(24)25-2)8-12(11)26-17(19)18-13(21)9-20-14(22)6-7-15(20)23/h4-5,8H,3,6-7,9H2,1-2H3. The van der Waals surface area contributed by atoms with E-state index in [1.807, 2.05) is 11.5 Å². The summed E-state index contributed by atoms with van der Waals surface area (Å²) >= 11 is 1.26. The third-order valence-electron chi connectivity index (χ3n) is 4.09. The smallest absolute Gasteiger partial charge is 0.337 e. The van der Waals surface area contributed by atoms with Gasteiger partial charge in [0.25, 0.3) is 5.91 Å². The van der Waals surface area contributed by atoms with Crippen molar-refractivity contribution in [1.29, 1.82) is 0 Å². The van der Waals surface area contributed by atoms with Gasteiger partial charge in [-0.1, -0.05) is 11.3 Å². The van der Waals surface area contributed by atoms with Crippen LogP contribution in [0.5, 0.6) is 0 Å². The molecule has 3 amide bonds. The number of aryl methyl sites for hydroxylation is 1. The first-order valence-electron chi connectivity index (χ1n) is 8.07. The summed E-state index contributed by atoms with van der Waals surface area (Å²) in [6, 6.07) is 5.12. The third kappa shape index (κ3) is 3.30. The van der Waals surface area contributed by atoms with E-state index in [4.69, 9.17) is 4.74 Å². The number of hydrogen-bond donors (Lipinski definition) is 0. The number of aromatic nitrogens is 1. The van der Waals surface area contributed by atoms with Crippen LogP contribution in [0.1, 0.15) is 30.1 Å². The van der Waals surface area contributed by atoms with Gasteiger partial charge < -0.3 is 9.30 Å². The molecular weight excluding hydrogens is 358 g/mol. The first-order valence-corrected chi connectivity index (χ1v) is 8.88. The van der Waals surface area contributed by atoms with Gasteiger partial charge in [-0.3, -0.25) is 19.3 Å². The lowest BCUT2D eigenvalue weighted by Crippen LogP contribution is -2.34. The van der Waals surface area contributed by atoms with E-state index in [0.717, 1.165) is 15.1 Å². The predicted octanol–water partition coefficient (Wildman–Crippen LogP) is 1.09. The molecule has 0 N–H and O–H groups in total. The maximum Gasteiger partial charge on any atom is 0.337 e. The van der Waals surface area contributed by atoms with Crippen molar-refractivity contribution in [3.63, 3.8) is 0 Å². The van der Waals surface area contributed by atoms with Crippen molar-refractivity contribution in [2.24, 2.45) is 4.99 Å². The lowest BCUT2D eigenvalue weighted by molar-refractivity contribution is -0.141. The van der Waals surface area contributed by atoms with E-state index in [1.54, 1.807) is 18.2 Å². The average Bonchev–Trinajstić information content (AvgIpc) is 3.13. The molecule has 2 heterocycles. The van der Waals surface area contributed by atoms with Crippen LogP contribution in [0, 0.1) is 0 Å². The summed E-state index contributed by atoms with van der Waals surface area (Å²) in [5.74, 6) is -1.69. The van der Waals surface area contributed by atoms with Crippen LogP contribution in [0.4, 0.5) is 0 Å². The lowest BCUT2D eigenvalue weighted by Gasteiger charge is -2.10. The van der Waals surface area contributed by atoms with Gasteiger partial charge in [0, 0.05) is 19.4 Å². The molecule has 8 nitrogen and oxygen atoms in total. The van der Waals surface area contributed by atoms with E-state index < -0.39 is 11.9 Å². The first kappa shape index (κ1) is 18.0. The van der Waals surface area contributed by atoms with Crippen molar-refractivity contribution >= 4 is 45.2 Å². The van der Waals surface area contributed by atoms with Gasteiger partial charge in [0.1, 0.15) is 6.54 Å². The zero-order chi connectivity index (χ0) is 18.8. The molecule has 0 unspecified atom stereocenters. The Kier molecular flexibility index (Phi) is 4.99. The van der Waals surface area contributed by atoms with Crippen LogP contribution in [-0.4, -0.2) is 46.8 Å². The number of imide groups is 1. The Labute approximate surface area is 152 Å². The van der Waals surface area contributed by atoms with E-state index in [9.17, 15) is 19.2 Å². The fraction of sp³-hybridized carbons (Fsp3) is 0.353. The van der Waals surface area contributed by atoms with Crippen molar-refractivity contribution in [2.75, 3.05) is 13.7 Å². The molecule has 1 aliphatic heterocycles. The van der Waals surface area contributed by atoms with Crippen LogP contribution in [0.3, 0.4) is 0 Å². The zero-order valence-electron chi connectivity index (χ0n) is 14.4. The number of benzene rings is 1. The quantitative estimate of drug-likeness (QED) is 0.588. The molecule has 0 aliphatic carbocycles. The lowest BCUT2D eigenvalue weighted by atomic mass is 10.2. The average molecular weight is 375 g/mol. The number of likely N-dealkylation sites (tertiary alicyclic amines) is 1. The van der Waals surface area contributed by atoms with Gasteiger partial charge in [0.05, 0.1) is 22.9 Å². The number of nitrogens with zero attached hydrogens (tertiary/aromatic N) is 3. The largest absolute Gasteiger partial charge is 0.465 e. The number of rotatable bonds is 4. The molecule has 136 valence electrons. The molecule has 0 saturated carbocycles. The summed E-state index contributed by atoms with van der Waals surface area (Å²) < 4.78 is 7.35. The number of ether oxygens (including phenoxy) is 1. The van der Waals surface area contributed by atoms with Gasteiger partial charge in [-0.05, 0) is 25.1 Å². The van der Waals surface area contributed by atoms with Crippen LogP contribution < -0.4 is 4.80 Å².